The Kier molecular flexibility index (Phi) is 7.42. The van der Waals surface area contributed by atoms with Crippen LogP contribution < -0.4 is 0 Å². The molecule has 4 rings (SSSR count). The maximum atomic E-state index is 7.19. The highest BCUT2D eigenvalue weighted by Gasteiger charge is 2.66. The molecule has 0 saturated heterocycles. The van der Waals surface area contributed by atoms with Crippen LogP contribution in [-0.4, -0.2) is 0 Å². The molecule has 2 aliphatic carbocycles. The van der Waals surface area contributed by atoms with Crippen LogP contribution in [0, 0.1) is 0 Å². The topological polar surface area (TPSA) is 0 Å². The molecule has 0 bridgehead atoms. The Labute approximate surface area is 252 Å². The monoisotopic (exact) mass is 706 g/mol. The second kappa shape index (κ2) is 8.78. The number of halogens is 14. The Hall–Kier alpha value is 1.98. The largest absolute Gasteiger partial charge is 0.137 e. The molecule has 0 amide bonds. The molecule has 2 atom stereocenters. The van der Waals surface area contributed by atoms with E-state index in [9.17, 15) is 0 Å². The van der Waals surface area contributed by atoms with Crippen LogP contribution in [0.1, 0.15) is 11.1 Å². The van der Waals surface area contributed by atoms with E-state index in [2.05, 4.69) is 0 Å². The van der Waals surface area contributed by atoms with Gasteiger partial charge in [-0.2, -0.15) is 0 Å². The summed E-state index contributed by atoms with van der Waals surface area (Å²) in [5, 5.41) is -1.68. The second-order valence-corrected chi connectivity index (χ2v) is 12.3. The summed E-state index contributed by atoms with van der Waals surface area (Å²) in [6.45, 7) is 0. The van der Waals surface area contributed by atoms with Gasteiger partial charge in [0.1, 0.15) is 9.75 Å². The van der Waals surface area contributed by atoms with Crippen molar-refractivity contribution in [2.75, 3.05) is 0 Å². The molecule has 0 aromatic heterocycles. The summed E-state index contributed by atoms with van der Waals surface area (Å²) < 4.78 is 0. The van der Waals surface area contributed by atoms with Gasteiger partial charge in [0.15, 0.2) is 0 Å². The molecule has 32 heavy (non-hydrogen) atoms. The highest BCUT2D eigenvalue weighted by molar-refractivity contribution is 6.61. The molecule has 0 N–H and O–H groups in total. The van der Waals surface area contributed by atoms with Crippen LogP contribution in [0.4, 0.5) is 0 Å². The lowest BCUT2D eigenvalue weighted by molar-refractivity contribution is 0.562. The molecule has 0 nitrogen and oxygen atoms in total. The van der Waals surface area contributed by atoms with E-state index in [1.165, 1.54) is 0 Å². The minimum absolute atomic E-state index is 0.0181. The lowest BCUT2D eigenvalue weighted by atomic mass is 9.68. The normalized spacial score (nSPS) is 24.6. The number of rotatable bonds is 0. The molecule has 0 saturated carbocycles. The lowest BCUT2D eigenvalue weighted by Crippen LogP contribution is -2.48. The van der Waals surface area contributed by atoms with Crippen molar-refractivity contribution in [2.45, 2.75) is 9.75 Å². The Morgan fingerprint density at radius 1 is 0.344 bits per heavy atom. The zero-order chi connectivity index (χ0) is 24.2. The standard InChI is InChI=1S/C18Cl14/c19-5-1-2-4(8(22)12(26)10(24)6(2)20)18(32)16(30)14(28)13(27)15(29)17(18,31)3(1)7(21)11(25)9(5)23. The first kappa shape index (κ1) is 27.0. The van der Waals surface area contributed by atoms with Crippen LogP contribution >= 0.6 is 162 Å². The zero-order valence-electron chi connectivity index (χ0n) is 14.3. The number of hydrogen-bond acceptors (Lipinski definition) is 0. The third-order valence-corrected chi connectivity index (χ3v) is 12.3. The number of benzene rings is 2. The van der Waals surface area contributed by atoms with Gasteiger partial charge in [0.25, 0.3) is 0 Å². The second-order valence-electron chi connectivity index (χ2n) is 6.58. The van der Waals surface area contributed by atoms with Crippen LogP contribution in [0.25, 0.3) is 11.1 Å². The molecule has 0 spiro atoms. The molecule has 0 aliphatic heterocycles. The Morgan fingerprint density at radius 2 is 0.594 bits per heavy atom. The molecule has 0 fully saturated rings. The van der Waals surface area contributed by atoms with Crippen molar-refractivity contribution in [3.8, 4) is 11.1 Å². The summed E-state index contributed by atoms with van der Waals surface area (Å²) in [7, 11) is 0. The first-order valence-electron chi connectivity index (χ1n) is 7.90. The number of fused-ring (bicyclic) bond motifs is 6. The molecule has 14 heteroatoms. The molecular weight excluding hydrogens is 713 g/mol. The minimum Gasteiger partial charge on any atom is -0.105 e. The van der Waals surface area contributed by atoms with Gasteiger partial charge in [-0.05, 0) is 0 Å². The van der Waals surface area contributed by atoms with Crippen LogP contribution in [-0.2, 0) is 9.75 Å². The summed E-state index contributed by atoms with van der Waals surface area (Å²) in [4.78, 5) is -4.05. The summed E-state index contributed by atoms with van der Waals surface area (Å²) in [5.74, 6) is 0. The molecular formula is C18Cl14. The van der Waals surface area contributed by atoms with Gasteiger partial charge in [-0.15, -0.1) is 23.2 Å². The average molecular weight is 713 g/mol. The molecule has 2 unspecified atom stereocenters. The van der Waals surface area contributed by atoms with Crippen LogP contribution in [0.15, 0.2) is 20.1 Å². The fourth-order valence-electron chi connectivity index (χ4n) is 3.74. The lowest BCUT2D eigenvalue weighted by Gasteiger charge is -2.51. The van der Waals surface area contributed by atoms with Gasteiger partial charge < -0.3 is 0 Å². The van der Waals surface area contributed by atoms with E-state index in [1.807, 2.05) is 0 Å². The first-order valence-corrected chi connectivity index (χ1v) is 13.2. The molecule has 2 aromatic rings. The van der Waals surface area contributed by atoms with Gasteiger partial charge in [-0.3, -0.25) is 0 Å². The van der Waals surface area contributed by atoms with E-state index >= 15 is 0 Å². The highest BCUT2D eigenvalue weighted by Crippen LogP contribution is 2.74. The van der Waals surface area contributed by atoms with Gasteiger partial charge >= 0.3 is 0 Å². The quantitative estimate of drug-likeness (QED) is 0.145. The number of alkyl halides is 2. The fourth-order valence-corrected chi connectivity index (χ4v) is 8.38. The van der Waals surface area contributed by atoms with Gasteiger partial charge in [0.05, 0.1) is 60.3 Å². The summed E-state index contributed by atoms with van der Waals surface area (Å²) in [6, 6.07) is 0. The molecule has 2 aromatic carbocycles. The van der Waals surface area contributed by atoms with Crippen LogP contribution in [0.5, 0.6) is 0 Å². The number of allylic oxidation sites excluding steroid dienone is 4. The maximum absolute atomic E-state index is 7.19. The zero-order valence-corrected chi connectivity index (χ0v) is 24.9. The minimum atomic E-state index is -2.02. The SMILES string of the molecule is ClC1=C(Cl)C2(Cl)c3c(Cl)c(Cl)c(Cl)c(Cl)c3-c3c(Cl)c(Cl)c(Cl)c(Cl)c3C2(Cl)C(Cl)=C1Cl. The highest BCUT2D eigenvalue weighted by atomic mass is 35.5. The van der Waals surface area contributed by atoms with E-state index in [0.29, 0.717) is 0 Å². The van der Waals surface area contributed by atoms with Gasteiger partial charge in [0, 0.05) is 22.3 Å². The van der Waals surface area contributed by atoms with Crippen molar-refractivity contribution in [1.82, 2.24) is 0 Å². The average Bonchev–Trinajstić information content (AvgIpc) is 2.76. The van der Waals surface area contributed by atoms with Crippen molar-refractivity contribution < 1.29 is 0 Å². The Balaban J connectivity index is 2.44. The molecule has 0 radical (unpaired) electrons. The Morgan fingerprint density at radius 3 is 0.875 bits per heavy atom. The van der Waals surface area contributed by atoms with E-state index < -0.39 is 9.75 Å². The van der Waals surface area contributed by atoms with Crippen molar-refractivity contribution in [3.63, 3.8) is 0 Å². The van der Waals surface area contributed by atoms with Crippen molar-refractivity contribution >= 4 is 162 Å². The maximum Gasteiger partial charge on any atom is 0.137 e. The fraction of sp³-hybridized carbons (Fsp3) is 0.111. The van der Waals surface area contributed by atoms with Gasteiger partial charge in [0.2, 0.25) is 0 Å². The summed E-state index contributed by atoms with van der Waals surface area (Å²) in [5.41, 5.74) is 0.264. The number of hydrogen-bond donors (Lipinski definition) is 0. The third-order valence-electron chi connectivity index (χ3n) is 5.13. The smallest absolute Gasteiger partial charge is 0.105 e. The van der Waals surface area contributed by atoms with Crippen molar-refractivity contribution in [3.05, 3.63) is 71.4 Å². The third kappa shape index (κ3) is 3.13. The van der Waals surface area contributed by atoms with E-state index in [1.54, 1.807) is 0 Å². The van der Waals surface area contributed by atoms with Gasteiger partial charge in [-0.1, -0.05) is 139 Å². The molecule has 0 heterocycles. The van der Waals surface area contributed by atoms with Crippen LogP contribution in [0.2, 0.25) is 40.2 Å². The van der Waals surface area contributed by atoms with Gasteiger partial charge in [-0.25, -0.2) is 0 Å². The molecule has 170 valence electrons. The van der Waals surface area contributed by atoms with E-state index in [-0.39, 0.29) is 82.6 Å². The van der Waals surface area contributed by atoms with Crippen molar-refractivity contribution in [1.29, 1.82) is 0 Å². The first-order chi connectivity index (χ1) is 14.7. The van der Waals surface area contributed by atoms with E-state index in [0.717, 1.165) is 0 Å². The predicted molar refractivity (Wildman–Crippen MR) is 144 cm³/mol. The summed E-state index contributed by atoms with van der Waals surface area (Å²) in [6.07, 6.45) is 0. The van der Waals surface area contributed by atoms with E-state index in [4.69, 9.17) is 162 Å². The van der Waals surface area contributed by atoms with Crippen molar-refractivity contribution in [2.24, 2.45) is 0 Å². The van der Waals surface area contributed by atoms with Crippen LogP contribution in [0.3, 0.4) is 0 Å². The summed E-state index contributed by atoms with van der Waals surface area (Å²) >= 11 is 92.2. The predicted octanol–water partition coefficient (Wildman–Crippen LogP) is 12.9. The Bertz CT molecular complexity index is 1220. The molecule has 2 aliphatic rings.